The van der Waals surface area contributed by atoms with Crippen LogP contribution in [-0.4, -0.2) is 49.7 Å². The van der Waals surface area contributed by atoms with Crippen LogP contribution in [0.25, 0.3) is 0 Å². The molecule has 6 heteroatoms. The summed E-state index contributed by atoms with van der Waals surface area (Å²) in [5.74, 6) is 5.96. The Labute approximate surface area is 85.9 Å². The maximum absolute atomic E-state index is 11.8. The van der Waals surface area contributed by atoms with Crippen molar-refractivity contribution < 1.29 is 8.42 Å². The van der Waals surface area contributed by atoms with Crippen LogP contribution in [0.2, 0.25) is 0 Å². The van der Waals surface area contributed by atoms with Gasteiger partial charge in [0.25, 0.3) is 0 Å². The van der Waals surface area contributed by atoms with Gasteiger partial charge in [-0.2, -0.15) is 4.31 Å². The Bertz CT molecular complexity index is 268. The normalized spacial score (nSPS) is 21.7. The van der Waals surface area contributed by atoms with Crippen molar-refractivity contribution >= 4 is 10.0 Å². The Hall–Kier alpha value is -0.170. The molecule has 0 radical (unpaired) electrons. The van der Waals surface area contributed by atoms with E-state index in [9.17, 15) is 8.42 Å². The molecule has 0 amide bonds. The third kappa shape index (κ3) is 3.20. The first-order chi connectivity index (χ1) is 6.42. The van der Waals surface area contributed by atoms with Crippen molar-refractivity contribution in [3.63, 3.8) is 0 Å². The first-order valence-corrected chi connectivity index (χ1v) is 6.50. The number of hydrogen-bond acceptors (Lipinski definition) is 4. The van der Waals surface area contributed by atoms with Gasteiger partial charge < -0.3 is 0 Å². The molecule has 1 rings (SSSR count). The summed E-state index contributed by atoms with van der Waals surface area (Å²) in [5.41, 5.74) is 0. The third-order valence-electron chi connectivity index (χ3n) is 2.21. The van der Waals surface area contributed by atoms with Crippen LogP contribution in [0, 0.1) is 5.92 Å². The van der Waals surface area contributed by atoms with Gasteiger partial charge in [0.2, 0.25) is 10.0 Å². The lowest BCUT2D eigenvalue weighted by molar-refractivity contribution is 0.191. The van der Waals surface area contributed by atoms with Crippen molar-refractivity contribution in [3.8, 4) is 0 Å². The molecule has 5 nitrogen and oxygen atoms in total. The zero-order chi connectivity index (χ0) is 10.8. The second-order valence-corrected chi connectivity index (χ2v) is 6.12. The van der Waals surface area contributed by atoms with Gasteiger partial charge in [-0.05, 0) is 5.92 Å². The average molecular weight is 221 g/mol. The van der Waals surface area contributed by atoms with Gasteiger partial charge in [0.1, 0.15) is 0 Å². The molecule has 0 aromatic rings. The number of hydrogen-bond donors (Lipinski definition) is 1. The Kier molecular flexibility index (Phi) is 3.88. The molecule has 1 fully saturated rings. The minimum atomic E-state index is -3.05. The highest BCUT2D eigenvalue weighted by atomic mass is 32.2. The van der Waals surface area contributed by atoms with Gasteiger partial charge in [-0.1, -0.05) is 13.8 Å². The Balaban J connectivity index is 2.56. The zero-order valence-electron chi connectivity index (χ0n) is 8.81. The first kappa shape index (κ1) is 11.9. The number of piperazine rings is 1. The first-order valence-electron chi connectivity index (χ1n) is 4.89. The lowest BCUT2D eigenvalue weighted by Crippen LogP contribution is -2.51. The molecule has 2 N–H and O–H groups in total. The summed E-state index contributed by atoms with van der Waals surface area (Å²) >= 11 is 0. The van der Waals surface area contributed by atoms with Crippen LogP contribution < -0.4 is 5.84 Å². The molecule has 0 atom stereocenters. The van der Waals surface area contributed by atoms with Crippen LogP contribution in [0.3, 0.4) is 0 Å². The largest absolute Gasteiger partial charge is 0.269 e. The fraction of sp³-hybridized carbons (Fsp3) is 1.00. The predicted molar refractivity (Wildman–Crippen MR) is 56.0 cm³/mol. The van der Waals surface area contributed by atoms with Gasteiger partial charge in [-0.15, -0.1) is 0 Å². The number of hydrazine groups is 1. The quantitative estimate of drug-likeness (QED) is 0.650. The molecule has 1 aliphatic heterocycles. The molecular formula is C8H19N3O2S. The summed E-state index contributed by atoms with van der Waals surface area (Å²) in [6.07, 6.45) is 0. The predicted octanol–water partition coefficient (Wildman–Crippen LogP) is -0.536. The van der Waals surface area contributed by atoms with Crippen LogP contribution in [0.15, 0.2) is 0 Å². The molecule has 1 aliphatic rings. The summed E-state index contributed by atoms with van der Waals surface area (Å²) in [6.45, 7) is 6.11. The highest BCUT2D eigenvalue weighted by Gasteiger charge is 2.26. The summed E-state index contributed by atoms with van der Waals surface area (Å²) in [4.78, 5) is 0. The summed E-state index contributed by atoms with van der Waals surface area (Å²) < 4.78 is 25.1. The molecule has 84 valence electrons. The Morgan fingerprint density at radius 2 is 1.71 bits per heavy atom. The number of nitrogens with zero attached hydrogens (tertiary/aromatic N) is 2. The second kappa shape index (κ2) is 4.57. The lowest BCUT2D eigenvalue weighted by atomic mass is 10.3. The van der Waals surface area contributed by atoms with Crippen molar-refractivity contribution in [2.45, 2.75) is 13.8 Å². The van der Waals surface area contributed by atoms with E-state index < -0.39 is 10.0 Å². The summed E-state index contributed by atoms with van der Waals surface area (Å²) in [7, 11) is -3.05. The van der Waals surface area contributed by atoms with E-state index in [1.54, 1.807) is 5.01 Å². The van der Waals surface area contributed by atoms with Crippen molar-refractivity contribution in [2.24, 2.45) is 11.8 Å². The highest BCUT2D eigenvalue weighted by molar-refractivity contribution is 7.89. The molecule has 0 spiro atoms. The SMILES string of the molecule is CC(C)CS(=O)(=O)N1CCN(N)CC1. The summed E-state index contributed by atoms with van der Waals surface area (Å²) in [6, 6.07) is 0. The fourth-order valence-corrected chi connectivity index (χ4v) is 3.28. The van der Waals surface area contributed by atoms with Gasteiger partial charge in [-0.3, -0.25) is 5.84 Å². The minimum absolute atomic E-state index is 0.177. The van der Waals surface area contributed by atoms with E-state index in [0.717, 1.165) is 0 Å². The van der Waals surface area contributed by atoms with Crippen molar-refractivity contribution in [2.75, 3.05) is 31.9 Å². The zero-order valence-corrected chi connectivity index (χ0v) is 9.63. The van der Waals surface area contributed by atoms with E-state index in [0.29, 0.717) is 26.2 Å². The standard InChI is InChI=1S/C8H19N3O2S/c1-8(2)7-14(12,13)11-5-3-10(9)4-6-11/h8H,3-7,9H2,1-2H3. The number of nitrogens with two attached hydrogens (primary N) is 1. The van der Waals surface area contributed by atoms with E-state index >= 15 is 0 Å². The molecule has 0 aromatic heterocycles. The molecule has 0 aliphatic carbocycles. The average Bonchev–Trinajstić information content (AvgIpc) is 2.02. The van der Waals surface area contributed by atoms with E-state index in [4.69, 9.17) is 5.84 Å². The number of sulfonamides is 1. The molecule has 1 heterocycles. The van der Waals surface area contributed by atoms with Gasteiger partial charge in [0.05, 0.1) is 5.75 Å². The van der Waals surface area contributed by atoms with Crippen molar-refractivity contribution in [3.05, 3.63) is 0 Å². The van der Waals surface area contributed by atoms with Crippen molar-refractivity contribution in [1.82, 2.24) is 9.31 Å². The van der Waals surface area contributed by atoms with E-state index in [2.05, 4.69) is 0 Å². The van der Waals surface area contributed by atoms with E-state index in [1.165, 1.54) is 4.31 Å². The van der Waals surface area contributed by atoms with Crippen LogP contribution in [0.1, 0.15) is 13.8 Å². The molecule has 14 heavy (non-hydrogen) atoms. The molecule has 0 unspecified atom stereocenters. The van der Waals surface area contributed by atoms with E-state index in [1.807, 2.05) is 13.8 Å². The second-order valence-electron chi connectivity index (χ2n) is 4.11. The molecule has 1 saturated heterocycles. The highest BCUT2D eigenvalue weighted by Crippen LogP contribution is 2.09. The van der Waals surface area contributed by atoms with E-state index in [-0.39, 0.29) is 11.7 Å². The smallest absolute Gasteiger partial charge is 0.214 e. The Morgan fingerprint density at radius 1 is 1.21 bits per heavy atom. The topological polar surface area (TPSA) is 66.6 Å². The maximum Gasteiger partial charge on any atom is 0.214 e. The number of rotatable bonds is 3. The fourth-order valence-electron chi connectivity index (χ4n) is 1.51. The molecule has 0 aromatic carbocycles. The van der Waals surface area contributed by atoms with Crippen molar-refractivity contribution in [1.29, 1.82) is 0 Å². The Morgan fingerprint density at radius 3 is 2.14 bits per heavy atom. The van der Waals surface area contributed by atoms with Crippen LogP contribution in [-0.2, 0) is 10.0 Å². The van der Waals surface area contributed by atoms with Gasteiger partial charge in [0, 0.05) is 26.2 Å². The molecule has 0 bridgehead atoms. The maximum atomic E-state index is 11.8. The lowest BCUT2D eigenvalue weighted by Gasteiger charge is -2.31. The molecular weight excluding hydrogens is 202 g/mol. The van der Waals surface area contributed by atoms with Crippen LogP contribution >= 0.6 is 0 Å². The van der Waals surface area contributed by atoms with Gasteiger partial charge in [0.15, 0.2) is 0 Å². The third-order valence-corrected chi connectivity index (χ3v) is 4.45. The van der Waals surface area contributed by atoms with Crippen LogP contribution in [0.5, 0.6) is 0 Å². The summed E-state index contributed by atoms with van der Waals surface area (Å²) in [5, 5.41) is 1.65. The minimum Gasteiger partial charge on any atom is -0.269 e. The monoisotopic (exact) mass is 221 g/mol. The van der Waals surface area contributed by atoms with Crippen LogP contribution in [0.4, 0.5) is 0 Å². The molecule has 0 saturated carbocycles. The van der Waals surface area contributed by atoms with Gasteiger partial charge in [-0.25, -0.2) is 13.4 Å². The van der Waals surface area contributed by atoms with Gasteiger partial charge >= 0.3 is 0 Å².